The van der Waals surface area contributed by atoms with Crippen molar-refractivity contribution in [3.8, 4) is 0 Å². The molecule has 1 heterocycles. The Morgan fingerprint density at radius 2 is 1.77 bits per heavy atom. The first kappa shape index (κ1) is 8.53. The molecule has 0 radical (unpaired) electrons. The molecule has 0 saturated carbocycles. The van der Waals surface area contributed by atoms with Gasteiger partial charge < -0.3 is 0 Å². The summed E-state index contributed by atoms with van der Waals surface area (Å²) in [6.45, 7) is 0. The van der Waals surface area contributed by atoms with Crippen LogP contribution >= 0.6 is 23.2 Å². The van der Waals surface area contributed by atoms with Crippen LogP contribution in [0.5, 0.6) is 0 Å². The summed E-state index contributed by atoms with van der Waals surface area (Å²) in [4.78, 5) is 22.3. The Morgan fingerprint density at radius 1 is 1.08 bits per heavy atom. The van der Waals surface area contributed by atoms with E-state index in [1.807, 2.05) is 0 Å². The van der Waals surface area contributed by atoms with Crippen molar-refractivity contribution in [2.24, 2.45) is 0 Å². The number of imide groups is 1. The molecule has 0 aromatic heterocycles. The quantitative estimate of drug-likeness (QED) is 0.673. The number of hydrogen-bond donors (Lipinski definition) is 1. The van der Waals surface area contributed by atoms with Crippen LogP contribution in [-0.4, -0.2) is 11.8 Å². The van der Waals surface area contributed by atoms with E-state index in [0.717, 1.165) is 0 Å². The molecule has 0 fully saturated rings. The van der Waals surface area contributed by atoms with Gasteiger partial charge >= 0.3 is 0 Å². The molecule has 1 aromatic carbocycles. The Hall–Kier alpha value is -1.06. The van der Waals surface area contributed by atoms with Crippen LogP contribution in [0.15, 0.2) is 12.1 Å². The molecule has 0 spiro atoms. The summed E-state index contributed by atoms with van der Waals surface area (Å²) in [7, 11) is 0. The molecule has 1 aliphatic heterocycles. The zero-order chi connectivity index (χ0) is 9.59. The van der Waals surface area contributed by atoms with Crippen molar-refractivity contribution >= 4 is 35.0 Å². The number of nitrogens with one attached hydrogen (secondary N) is 1. The van der Waals surface area contributed by atoms with Gasteiger partial charge in [-0.3, -0.25) is 14.9 Å². The highest BCUT2D eigenvalue weighted by Crippen LogP contribution is 2.30. The van der Waals surface area contributed by atoms with Crippen molar-refractivity contribution in [1.82, 2.24) is 5.32 Å². The van der Waals surface area contributed by atoms with E-state index in [9.17, 15) is 9.59 Å². The van der Waals surface area contributed by atoms with E-state index >= 15 is 0 Å². The zero-order valence-electron chi connectivity index (χ0n) is 6.23. The van der Waals surface area contributed by atoms with Gasteiger partial charge in [0.25, 0.3) is 11.8 Å². The van der Waals surface area contributed by atoms with E-state index in [-0.39, 0.29) is 21.2 Å². The molecule has 13 heavy (non-hydrogen) atoms. The lowest BCUT2D eigenvalue weighted by Crippen LogP contribution is -2.20. The fourth-order valence-electron chi connectivity index (χ4n) is 1.19. The van der Waals surface area contributed by atoms with Crippen LogP contribution in [0.3, 0.4) is 0 Å². The molecular weight excluding hydrogens is 213 g/mol. The molecule has 1 aromatic rings. The molecule has 3 nitrogen and oxygen atoms in total. The number of amides is 2. The summed E-state index contributed by atoms with van der Waals surface area (Å²) in [5.41, 5.74) is 0.443. The number of rotatable bonds is 0. The topological polar surface area (TPSA) is 46.2 Å². The van der Waals surface area contributed by atoms with E-state index in [2.05, 4.69) is 5.32 Å². The van der Waals surface area contributed by atoms with E-state index in [4.69, 9.17) is 23.2 Å². The third kappa shape index (κ3) is 1.12. The van der Waals surface area contributed by atoms with E-state index in [1.54, 1.807) is 0 Å². The number of halogens is 2. The van der Waals surface area contributed by atoms with Gasteiger partial charge in [0.2, 0.25) is 0 Å². The Morgan fingerprint density at radius 3 is 2.46 bits per heavy atom. The van der Waals surface area contributed by atoms with Gasteiger partial charge in [0.1, 0.15) is 0 Å². The van der Waals surface area contributed by atoms with Gasteiger partial charge in [0.05, 0.1) is 21.2 Å². The van der Waals surface area contributed by atoms with E-state index in [1.165, 1.54) is 12.1 Å². The van der Waals surface area contributed by atoms with Crippen molar-refractivity contribution < 1.29 is 9.59 Å². The van der Waals surface area contributed by atoms with Gasteiger partial charge in [0, 0.05) is 0 Å². The van der Waals surface area contributed by atoms with Crippen LogP contribution in [0, 0.1) is 0 Å². The zero-order valence-corrected chi connectivity index (χ0v) is 7.74. The molecule has 0 saturated heterocycles. The maximum atomic E-state index is 11.2. The summed E-state index contributed by atoms with van der Waals surface area (Å²) in [6.07, 6.45) is 0. The second-order valence-corrected chi connectivity index (χ2v) is 3.35. The normalized spacial score (nSPS) is 14.3. The molecule has 0 unspecified atom stereocenters. The second-order valence-electron chi connectivity index (χ2n) is 2.57. The largest absolute Gasteiger partial charge is 0.288 e. The molecule has 2 amide bonds. The van der Waals surface area contributed by atoms with Crippen LogP contribution in [0.25, 0.3) is 0 Å². The summed E-state index contributed by atoms with van der Waals surface area (Å²) < 4.78 is 0. The maximum Gasteiger partial charge on any atom is 0.260 e. The van der Waals surface area contributed by atoms with Crippen LogP contribution in [0.4, 0.5) is 0 Å². The lowest BCUT2D eigenvalue weighted by atomic mass is 10.1. The smallest absolute Gasteiger partial charge is 0.260 e. The number of carbonyl (C=O) groups is 2. The van der Waals surface area contributed by atoms with Gasteiger partial charge in [-0.15, -0.1) is 0 Å². The van der Waals surface area contributed by atoms with Gasteiger partial charge in [-0.25, -0.2) is 0 Å². The molecule has 2 rings (SSSR count). The minimum atomic E-state index is -0.493. The molecule has 66 valence electrons. The van der Waals surface area contributed by atoms with Crippen LogP contribution in [-0.2, 0) is 0 Å². The lowest BCUT2D eigenvalue weighted by Gasteiger charge is -1.98. The first-order valence-corrected chi connectivity index (χ1v) is 4.20. The summed E-state index contributed by atoms with van der Waals surface area (Å²) in [5, 5.41) is 2.53. The minimum absolute atomic E-state index is 0.127. The fourth-order valence-corrected chi connectivity index (χ4v) is 1.60. The van der Waals surface area contributed by atoms with Crippen molar-refractivity contribution in [2.75, 3.05) is 0 Å². The highest BCUT2D eigenvalue weighted by Gasteiger charge is 2.29. The molecule has 0 bridgehead atoms. The van der Waals surface area contributed by atoms with Crippen molar-refractivity contribution in [3.05, 3.63) is 33.3 Å². The van der Waals surface area contributed by atoms with Crippen molar-refractivity contribution in [1.29, 1.82) is 0 Å². The second kappa shape index (κ2) is 2.72. The number of benzene rings is 1. The summed E-state index contributed by atoms with van der Waals surface area (Å²) in [5.74, 6) is -0.925. The van der Waals surface area contributed by atoms with Gasteiger partial charge in [-0.1, -0.05) is 23.2 Å². The van der Waals surface area contributed by atoms with Crippen LogP contribution < -0.4 is 5.32 Å². The Bertz CT molecular complexity index is 428. The van der Waals surface area contributed by atoms with Crippen LogP contribution in [0.2, 0.25) is 10.0 Å². The van der Waals surface area contributed by atoms with E-state index < -0.39 is 11.8 Å². The molecule has 0 aliphatic carbocycles. The Labute approximate surface area is 83.6 Å². The average molecular weight is 216 g/mol. The standard InChI is InChI=1S/C8H3Cl2NO2/c9-4-2-1-3-5(6(4)10)8(13)11-7(3)12/h1-2H,(H,11,12,13). The monoisotopic (exact) mass is 215 g/mol. The molecule has 5 heteroatoms. The number of fused-ring (bicyclic) bond motifs is 1. The average Bonchev–Trinajstić information content (AvgIpc) is 2.35. The van der Waals surface area contributed by atoms with Crippen molar-refractivity contribution in [2.45, 2.75) is 0 Å². The number of hydrogen-bond acceptors (Lipinski definition) is 2. The number of carbonyl (C=O) groups excluding carboxylic acids is 2. The SMILES string of the molecule is O=C1NC(=O)c2c1ccc(Cl)c2Cl. The fraction of sp³-hybridized carbons (Fsp3) is 0. The Balaban J connectivity index is 2.78. The summed E-state index contributed by atoms with van der Waals surface area (Å²) in [6, 6.07) is 2.96. The Kier molecular flexibility index (Phi) is 1.78. The third-order valence-electron chi connectivity index (χ3n) is 1.79. The summed E-state index contributed by atoms with van der Waals surface area (Å²) >= 11 is 11.4. The van der Waals surface area contributed by atoms with E-state index in [0.29, 0.717) is 0 Å². The molecule has 1 aliphatic rings. The predicted molar refractivity (Wildman–Crippen MR) is 48.3 cm³/mol. The minimum Gasteiger partial charge on any atom is -0.288 e. The van der Waals surface area contributed by atoms with Crippen LogP contribution in [0.1, 0.15) is 20.7 Å². The van der Waals surface area contributed by atoms with Crippen molar-refractivity contribution in [3.63, 3.8) is 0 Å². The predicted octanol–water partition coefficient (Wildman–Crippen LogP) is 1.88. The maximum absolute atomic E-state index is 11.2. The molecule has 0 atom stereocenters. The van der Waals surface area contributed by atoms with Gasteiger partial charge in [-0.2, -0.15) is 0 Å². The van der Waals surface area contributed by atoms with Gasteiger partial charge in [0.15, 0.2) is 0 Å². The first-order valence-electron chi connectivity index (χ1n) is 3.45. The highest BCUT2D eigenvalue weighted by molar-refractivity contribution is 6.45. The lowest BCUT2D eigenvalue weighted by molar-refractivity contribution is 0.0879. The van der Waals surface area contributed by atoms with Gasteiger partial charge in [-0.05, 0) is 12.1 Å². The first-order chi connectivity index (χ1) is 6.11. The molecular formula is C8H3Cl2NO2. The highest BCUT2D eigenvalue weighted by atomic mass is 35.5. The third-order valence-corrected chi connectivity index (χ3v) is 2.60. The molecule has 1 N–H and O–H groups in total.